The molecule has 1 aliphatic rings. The van der Waals surface area contributed by atoms with Crippen LogP contribution in [0.25, 0.3) is 22.5 Å². The van der Waals surface area contributed by atoms with Crippen molar-refractivity contribution in [3.63, 3.8) is 0 Å². The van der Waals surface area contributed by atoms with Gasteiger partial charge in [-0.1, -0.05) is 70.0 Å². The molecule has 3 aromatic carbocycles. The van der Waals surface area contributed by atoms with Gasteiger partial charge in [0.15, 0.2) is 0 Å². The van der Waals surface area contributed by atoms with Crippen LogP contribution >= 0.6 is 27.7 Å². The Labute approximate surface area is 211 Å². The summed E-state index contributed by atoms with van der Waals surface area (Å²) in [5.74, 6) is -0.241. The Morgan fingerprint density at radius 1 is 0.912 bits per heavy atom. The lowest BCUT2D eigenvalue weighted by molar-refractivity contribution is -0.123. The normalized spacial score (nSPS) is 15.2. The number of aryl methyl sites for hydroxylation is 2. The van der Waals surface area contributed by atoms with Crippen molar-refractivity contribution in [1.82, 2.24) is 9.47 Å². The summed E-state index contributed by atoms with van der Waals surface area (Å²) in [4.78, 5) is 27.5. The van der Waals surface area contributed by atoms with Gasteiger partial charge in [0.2, 0.25) is 0 Å². The molecule has 34 heavy (non-hydrogen) atoms. The third kappa shape index (κ3) is 4.01. The zero-order chi connectivity index (χ0) is 24.0. The van der Waals surface area contributed by atoms with Gasteiger partial charge in [0.1, 0.15) is 0 Å². The molecule has 0 saturated carbocycles. The van der Waals surface area contributed by atoms with Crippen molar-refractivity contribution in [1.29, 1.82) is 0 Å². The summed E-state index contributed by atoms with van der Waals surface area (Å²) >= 11 is 4.66. The molecule has 6 heteroatoms. The number of nitrogens with zero attached hydrogens (tertiary/aromatic N) is 2. The SMILES string of the molecule is Cc1ccc(CN2C(=O)S/C(=C\c3cc(C)n(-c4ccc(Br)c5ccccc45)c3C)C2=O)cc1. The van der Waals surface area contributed by atoms with Crippen LogP contribution in [0, 0.1) is 20.8 Å². The second-order valence-electron chi connectivity index (χ2n) is 8.53. The molecule has 0 spiro atoms. The molecule has 0 unspecified atom stereocenters. The van der Waals surface area contributed by atoms with Gasteiger partial charge in [0.25, 0.3) is 11.1 Å². The third-order valence-corrected chi connectivity index (χ3v) is 7.78. The van der Waals surface area contributed by atoms with Crippen molar-refractivity contribution in [2.24, 2.45) is 0 Å². The number of hydrogen-bond donors (Lipinski definition) is 0. The number of aromatic nitrogens is 1. The van der Waals surface area contributed by atoms with Crippen LogP contribution in [0.5, 0.6) is 0 Å². The molecule has 0 bridgehead atoms. The predicted molar refractivity (Wildman–Crippen MR) is 143 cm³/mol. The average molecular weight is 531 g/mol. The summed E-state index contributed by atoms with van der Waals surface area (Å²) in [5, 5.41) is 2.06. The zero-order valence-corrected chi connectivity index (χ0v) is 21.5. The van der Waals surface area contributed by atoms with Crippen LogP contribution in [0.3, 0.4) is 0 Å². The lowest BCUT2D eigenvalue weighted by Crippen LogP contribution is -2.27. The van der Waals surface area contributed by atoms with Gasteiger partial charge in [-0.3, -0.25) is 14.5 Å². The molecule has 0 N–H and O–H groups in total. The van der Waals surface area contributed by atoms with Gasteiger partial charge in [0.05, 0.1) is 17.1 Å². The van der Waals surface area contributed by atoms with E-state index >= 15 is 0 Å². The molecule has 0 aliphatic carbocycles. The molecule has 4 aromatic rings. The molecule has 2 amide bonds. The maximum absolute atomic E-state index is 13.1. The quantitative estimate of drug-likeness (QED) is 0.255. The molecular formula is C28H23BrN2O2S. The zero-order valence-electron chi connectivity index (χ0n) is 19.1. The first-order valence-corrected chi connectivity index (χ1v) is 12.6. The molecule has 1 fully saturated rings. The summed E-state index contributed by atoms with van der Waals surface area (Å²) in [6.07, 6.45) is 1.85. The largest absolute Gasteiger partial charge is 0.317 e. The minimum atomic E-state index is -0.241. The van der Waals surface area contributed by atoms with E-state index in [0.29, 0.717) is 4.91 Å². The minimum Gasteiger partial charge on any atom is -0.317 e. The number of halogens is 1. The highest BCUT2D eigenvalue weighted by atomic mass is 79.9. The topological polar surface area (TPSA) is 42.3 Å². The van der Waals surface area contributed by atoms with Crippen LogP contribution in [0.15, 0.2) is 76.1 Å². The lowest BCUT2D eigenvalue weighted by Gasteiger charge is -2.14. The van der Waals surface area contributed by atoms with E-state index in [4.69, 9.17) is 0 Å². The Bertz CT molecular complexity index is 1480. The number of benzene rings is 3. The first-order valence-electron chi connectivity index (χ1n) is 11.0. The van der Waals surface area contributed by atoms with E-state index in [1.807, 2.05) is 56.3 Å². The number of hydrogen-bond acceptors (Lipinski definition) is 3. The molecular weight excluding hydrogens is 508 g/mol. The van der Waals surface area contributed by atoms with Crippen LogP contribution in [0.1, 0.15) is 28.1 Å². The molecule has 1 aliphatic heterocycles. The Morgan fingerprint density at radius 3 is 2.35 bits per heavy atom. The van der Waals surface area contributed by atoms with Crippen molar-refractivity contribution in [2.75, 3.05) is 0 Å². The van der Waals surface area contributed by atoms with Gasteiger partial charge in [-0.2, -0.15) is 0 Å². The van der Waals surface area contributed by atoms with Crippen LogP contribution in [0.4, 0.5) is 4.79 Å². The highest BCUT2D eigenvalue weighted by Crippen LogP contribution is 2.36. The van der Waals surface area contributed by atoms with Crippen molar-refractivity contribution in [3.05, 3.63) is 104 Å². The average Bonchev–Trinajstić information content (AvgIpc) is 3.25. The number of imide groups is 1. The van der Waals surface area contributed by atoms with E-state index in [1.54, 1.807) is 0 Å². The van der Waals surface area contributed by atoms with Crippen molar-refractivity contribution < 1.29 is 9.59 Å². The van der Waals surface area contributed by atoms with E-state index in [2.05, 4.69) is 57.8 Å². The monoisotopic (exact) mass is 530 g/mol. The van der Waals surface area contributed by atoms with Gasteiger partial charge in [-0.25, -0.2) is 0 Å². The summed E-state index contributed by atoms with van der Waals surface area (Å²) in [6, 6.07) is 22.4. The Morgan fingerprint density at radius 2 is 1.62 bits per heavy atom. The van der Waals surface area contributed by atoms with Crippen LogP contribution in [-0.2, 0) is 11.3 Å². The fourth-order valence-corrected chi connectivity index (χ4v) is 5.71. The lowest BCUT2D eigenvalue weighted by atomic mass is 10.1. The van der Waals surface area contributed by atoms with Crippen LogP contribution in [-0.4, -0.2) is 20.6 Å². The second-order valence-corrected chi connectivity index (χ2v) is 10.4. The minimum absolute atomic E-state index is 0.232. The third-order valence-electron chi connectivity index (χ3n) is 6.18. The molecule has 2 heterocycles. The fourth-order valence-electron chi connectivity index (χ4n) is 4.40. The first kappa shape index (κ1) is 22.7. The standard InChI is InChI=1S/C28H23BrN2O2S/c1-17-8-10-20(11-9-17)16-30-27(32)26(34-28(30)33)15-21-14-18(2)31(19(21)3)25-13-12-24(29)22-6-4-5-7-23(22)25/h4-15H,16H2,1-3H3/b26-15-. The maximum Gasteiger partial charge on any atom is 0.293 e. The maximum atomic E-state index is 13.1. The van der Waals surface area contributed by atoms with E-state index in [-0.39, 0.29) is 17.7 Å². The summed E-state index contributed by atoms with van der Waals surface area (Å²) < 4.78 is 3.26. The molecule has 4 nitrogen and oxygen atoms in total. The summed E-state index contributed by atoms with van der Waals surface area (Å²) in [6.45, 7) is 6.41. The molecule has 170 valence electrons. The number of carbonyl (C=O) groups excluding carboxylic acids is 2. The molecule has 0 radical (unpaired) electrons. The van der Waals surface area contributed by atoms with Crippen molar-refractivity contribution in [3.8, 4) is 5.69 Å². The van der Waals surface area contributed by atoms with Gasteiger partial charge in [-0.05, 0) is 73.3 Å². The van der Waals surface area contributed by atoms with E-state index in [9.17, 15) is 9.59 Å². The van der Waals surface area contributed by atoms with Crippen molar-refractivity contribution >= 4 is 55.7 Å². The van der Waals surface area contributed by atoms with E-state index in [0.717, 1.165) is 60.8 Å². The highest BCUT2D eigenvalue weighted by Gasteiger charge is 2.35. The molecule has 5 rings (SSSR count). The van der Waals surface area contributed by atoms with Crippen LogP contribution < -0.4 is 0 Å². The van der Waals surface area contributed by atoms with Gasteiger partial charge in [0, 0.05) is 21.2 Å². The van der Waals surface area contributed by atoms with Gasteiger partial charge in [-0.15, -0.1) is 0 Å². The number of rotatable bonds is 4. The molecule has 0 atom stereocenters. The second kappa shape index (κ2) is 8.93. The van der Waals surface area contributed by atoms with Gasteiger partial charge >= 0.3 is 0 Å². The van der Waals surface area contributed by atoms with E-state index in [1.165, 1.54) is 4.90 Å². The Hall–Kier alpha value is -3.09. The number of thioether (sulfide) groups is 1. The fraction of sp³-hybridized carbons (Fsp3) is 0.143. The summed E-state index contributed by atoms with van der Waals surface area (Å²) in [5.41, 5.74) is 6.19. The van der Waals surface area contributed by atoms with Gasteiger partial charge < -0.3 is 4.57 Å². The summed E-state index contributed by atoms with van der Waals surface area (Å²) in [7, 11) is 0. The molecule has 1 aromatic heterocycles. The number of fused-ring (bicyclic) bond motifs is 1. The number of amides is 2. The Balaban J connectivity index is 1.50. The highest BCUT2D eigenvalue weighted by molar-refractivity contribution is 9.10. The van der Waals surface area contributed by atoms with Crippen LogP contribution in [0.2, 0.25) is 0 Å². The number of carbonyl (C=O) groups is 2. The first-order chi connectivity index (χ1) is 16.3. The Kier molecular flexibility index (Phi) is 5.96. The predicted octanol–water partition coefficient (Wildman–Crippen LogP) is 7.55. The smallest absolute Gasteiger partial charge is 0.293 e. The van der Waals surface area contributed by atoms with Crippen molar-refractivity contribution in [2.45, 2.75) is 27.3 Å². The van der Waals surface area contributed by atoms with E-state index < -0.39 is 0 Å². The molecule has 1 saturated heterocycles.